The molecule has 1 rings (SSSR count). The Morgan fingerprint density at radius 2 is 1.26 bits per heavy atom. The molecule has 0 unspecified atom stereocenters. The molecule has 268 valence electrons. The van der Waals surface area contributed by atoms with Crippen molar-refractivity contribution < 1.29 is 39.2 Å². The monoisotopic (exact) mass is 652 g/mol. The fraction of sp³-hybridized carbons (Fsp3) is 0.868. The Kier molecular flexibility index (Phi) is 25.0. The molecule has 0 bridgehead atoms. The number of aliphatic hydroxyl groups excluding tert-OH is 3. The Morgan fingerprint density at radius 3 is 1.80 bits per heavy atom. The van der Waals surface area contributed by atoms with Crippen LogP contribution in [0.4, 0.5) is 0 Å². The molecule has 0 amide bonds. The fourth-order valence-electron chi connectivity index (χ4n) is 6.17. The minimum Gasteiger partial charge on any atom is -0.463 e. The van der Waals surface area contributed by atoms with E-state index < -0.39 is 24.3 Å². The highest BCUT2D eigenvalue weighted by Crippen LogP contribution is 2.34. The molecular weight excluding hydrogens is 584 g/mol. The van der Waals surface area contributed by atoms with Crippen LogP contribution < -0.4 is 0 Å². The van der Waals surface area contributed by atoms with E-state index in [-0.39, 0.29) is 49.6 Å². The van der Waals surface area contributed by atoms with E-state index in [2.05, 4.69) is 20.8 Å². The lowest BCUT2D eigenvalue weighted by molar-refractivity contribution is -0.152. The van der Waals surface area contributed by atoms with Crippen LogP contribution in [0.25, 0.3) is 0 Å². The van der Waals surface area contributed by atoms with Crippen molar-refractivity contribution in [3.63, 3.8) is 0 Å². The van der Waals surface area contributed by atoms with Crippen LogP contribution in [0.3, 0.4) is 0 Å². The molecule has 0 heterocycles. The maximum absolute atomic E-state index is 12.4. The van der Waals surface area contributed by atoms with Crippen LogP contribution in [0.5, 0.6) is 0 Å². The van der Waals surface area contributed by atoms with Crippen molar-refractivity contribution in [3.05, 3.63) is 12.2 Å². The number of rotatable bonds is 29. The van der Waals surface area contributed by atoms with E-state index in [0.29, 0.717) is 25.7 Å². The normalized spacial score (nSPS) is 19.6. The smallest absolute Gasteiger partial charge is 0.305 e. The summed E-state index contributed by atoms with van der Waals surface area (Å²) in [6, 6.07) is 0. The van der Waals surface area contributed by atoms with Gasteiger partial charge in [0.1, 0.15) is 25.1 Å². The van der Waals surface area contributed by atoms with Gasteiger partial charge in [-0.3, -0.25) is 14.4 Å². The first kappa shape index (κ1) is 42.3. The van der Waals surface area contributed by atoms with Gasteiger partial charge >= 0.3 is 11.9 Å². The number of unbranched alkanes of at least 4 members (excludes halogenated alkanes) is 13. The average Bonchev–Trinajstić information content (AvgIpc) is 3.29. The van der Waals surface area contributed by atoms with Gasteiger partial charge in [-0.05, 0) is 31.6 Å². The lowest BCUT2D eigenvalue weighted by atomic mass is 9.88. The average molecular weight is 653 g/mol. The zero-order chi connectivity index (χ0) is 34.0. The molecule has 1 fully saturated rings. The summed E-state index contributed by atoms with van der Waals surface area (Å²) in [6.45, 7) is 6.30. The summed E-state index contributed by atoms with van der Waals surface area (Å²) < 4.78 is 10.3. The molecule has 0 aromatic carbocycles. The Bertz CT molecular complexity index is 826. The molecule has 0 spiro atoms. The molecule has 1 aliphatic carbocycles. The molecule has 0 aromatic rings. The molecule has 0 saturated heterocycles. The molecule has 5 atom stereocenters. The summed E-state index contributed by atoms with van der Waals surface area (Å²) in [5.74, 6) is -0.305. The second kappa shape index (κ2) is 27.2. The van der Waals surface area contributed by atoms with Gasteiger partial charge in [-0.25, -0.2) is 0 Å². The van der Waals surface area contributed by atoms with Gasteiger partial charge in [0.25, 0.3) is 0 Å². The van der Waals surface area contributed by atoms with Gasteiger partial charge < -0.3 is 24.8 Å². The van der Waals surface area contributed by atoms with E-state index in [0.717, 1.165) is 63.7 Å². The SMILES string of the molecule is CCCCC[C@H](O)/C=C/[C@H]1[C@H](O)CC(=O)[C@@H]1CCCCCCC(=O)OC[C@@H](O)COC(=O)CCCCCCCCCCCC(C)C. The zero-order valence-electron chi connectivity index (χ0n) is 29.5. The van der Waals surface area contributed by atoms with Crippen LogP contribution in [-0.4, -0.2) is 64.6 Å². The maximum atomic E-state index is 12.4. The third-order valence-corrected chi connectivity index (χ3v) is 9.07. The highest BCUT2D eigenvalue weighted by Gasteiger charge is 2.39. The molecule has 1 saturated carbocycles. The Morgan fingerprint density at radius 1 is 0.761 bits per heavy atom. The first-order valence-corrected chi connectivity index (χ1v) is 18.7. The van der Waals surface area contributed by atoms with Crippen molar-refractivity contribution in [2.24, 2.45) is 17.8 Å². The molecule has 0 aromatic heterocycles. The fourth-order valence-corrected chi connectivity index (χ4v) is 6.17. The molecule has 1 aliphatic rings. The maximum Gasteiger partial charge on any atom is 0.305 e. The minimum absolute atomic E-state index is 0.0827. The van der Waals surface area contributed by atoms with Crippen LogP contribution in [-0.2, 0) is 23.9 Å². The minimum atomic E-state index is -1.04. The molecule has 8 heteroatoms. The predicted molar refractivity (Wildman–Crippen MR) is 183 cm³/mol. The summed E-state index contributed by atoms with van der Waals surface area (Å²) in [6.07, 6.45) is 21.7. The molecule has 3 N–H and O–H groups in total. The Labute approximate surface area is 280 Å². The number of aliphatic hydroxyl groups is 3. The van der Waals surface area contributed by atoms with Crippen molar-refractivity contribution in [1.29, 1.82) is 0 Å². The summed E-state index contributed by atoms with van der Waals surface area (Å²) in [5.41, 5.74) is 0. The van der Waals surface area contributed by atoms with Crippen molar-refractivity contribution in [2.75, 3.05) is 13.2 Å². The number of carbonyl (C=O) groups is 3. The van der Waals surface area contributed by atoms with Crippen molar-refractivity contribution in [3.8, 4) is 0 Å². The number of carbonyl (C=O) groups excluding carboxylic acids is 3. The third kappa shape index (κ3) is 21.9. The largest absolute Gasteiger partial charge is 0.463 e. The van der Waals surface area contributed by atoms with Gasteiger partial charge in [0.15, 0.2) is 0 Å². The van der Waals surface area contributed by atoms with Crippen LogP contribution in [0, 0.1) is 17.8 Å². The van der Waals surface area contributed by atoms with Gasteiger partial charge in [-0.15, -0.1) is 0 Å². The molecule has 0 aliphatic heterocycles. The van der Waals surface area contributed by atoms with Crippen molar-refractivity contribution in [2.45, 2.75) is 180 Å². The van der Waals surface area contributed by atoms with Crippen LogP contribution in [0.2, 0.25) is 0 Å². The van der Waals surface area contributed by atoms with Crippen LogP contribution in [0.15, 0.2) is 12.2 Å². The molecule has 8 nitrogen and oxygen atoms in total. The second-order valence-corrected chi connectivity index (χ2v) is 14.0. The molecule has 0 radical (unpaired) electrons. The number of hydrogen-bond acceptors (Lipinski definition) is 8. The number of ketones is 1. The van der Waals surface area contributed by atoms with Gasteiger partial charge in [0.2, 0.25) is 0 Å². The zero-order valence-corrected chi connectivity index (χ0v) is 29.5. The third-order valence-electron chi connectivity index (χ3n) is 9.07. The summed E-state index contributed by atoms with van der Waals surface area (Å²) in [5, 5.41) is 30.6. The van der Waals surface area contributed by atoms with Gasteiger partial charge in [-0.1, -0.05) is 129 Å². The highest BCUT2D eigenvalue weighted by atomic mass is 16.6. The van der Waals surface area contributed by atoms with Crippen molar-refractivity contribution >= 4 is 17.7 Å². The Balaban J connectivity index is 2.05. The lowest BCUT2D eigenvalue weighted by Gasteiger charge is -2.18. The first-order chi connectivity index (χ1) is 22.1. The second-order valence-electron chi connectivity index (χ2n) is 14.0. The van der Waals surface area contributed by atoms with Crippen LogP contribution in [0.1, 0.15) is 162 Å². The van der Waals surface area contributed by atoms with E-state index in [9.17, 15) is 29.7 Å². The lowest BCUT2D eigenvalue weighted by Crippen LogP contribution is -2.25. The highest BCUT2D eigenvalue weighted by molar-refractivity contribution is 5.84. The number of Topliss-reactive ketones (excluding diaryl/α,β-unsaturated/α-hetero) is 1. The number of esters is 2. The standard InChI is InChI=1S/C38H68O8/c1-4-5-15-21-31(39)25-26-34-33(35(41)27-36(34)42)22-17-13-14-19-24-38(44)46-29-32(40)28-45-37(43)23-18-12-10-8-6-7-9-11-16-20-30(2)3/h25-26,30-34,36,39-40,42H,4-24,27-29H2,1-3H3/b26-25+/t31-,32-,33+,34+,36+/m0/s1. The van der Waals surface area contributed by atoms with E-state index in [1.807, 2.05) is 6.08 Å². The summed E-state index contributed by atoms with van der Waals surface area (Å²) >= 11 is 0. The van der Waals surface area contributed by atoms with E-state index in [1.54, 1.807) is 6.08 Å². The molecule has 46 heavy (non-hydrogen) atoms. The van der Waals surface area contributed by atoms with Gasteiger partial charge in [0.05, 0.1) is 12.2 Å². The van der Waals surface area contributed by atoms with Gasteiger partial charge in [0, 0.05) is 31.1 Å². The quantitative estimate of drug-likeness (QED) is 0.0424. The predicted octanol–water partition coefficient (Wildman–Crippen LogP) is 7.78. The molecular formula is C38H68O8. The number of ether oxygens (including phenoxy) is 2. The van der Waals surface area contributed by atoms with E-state index in [4.69, 9.17) is 9.47 Å². The van der Waals surface area contributed by atoms with Gasteiger partial charge in [-0.2, -0.15) is 0 Å². The number of hydrogen-bond donors (Lipinski definition) is 3. The van der Waals surface area contributed by atoms with E-state index in [1.165, 1.54) is 44.9 Å². The Hall–Kier alpha value is -1.77. The summed E-state index contributed by atoms with van der Waals surface area (Å²) in [7, 11) is 0. The van der Waals surface area contributed by atoms with Crippen molar-refractivity contribution in [1.82, 2.24) is 0 Å². The topological polar surface area (TPSA) is 130 Å². The first-order valence-electron chi connectivity index (χ1n) is 18.7. The summed E-state index contributed by atoms with van der Waals surface area (Å²) in [4.78, 5) is 36.4. The van der Waals surface area contributed by atoms with E-state index >= 15 is 0 Å². The van der Waals surface area contributed by atoms with Crippen LogP contribution >= 0.6 is 0 Å².